The van der Waals surface area contributed by atoms with Crippen LogP contribution >= 0.6 is 0 Å². The van der Waals surface area contributed by atoms with Crippen molar-refractivity contribution in [2.45, 2.75) is 19.0 Å². The number of aliphatic carboxylic acids is 1. The minimum atomic E-state index is -1.07. The maximum Gasteiger partial charge on any atom is 0.326 e. The van der Waals surface area contributed by atoms with E-state index in [1.54, 1.807) is 12.3 Å². The van der Waals surface area contributed by atoms with Gasteiger partial charge in [-0.05, 0) is 40.8 Å². The van der Waals surface area contributed by atoms with E-state index in [2.05, 4.69) is 27.0 Å². The lowest BCUT2D eigenvalue weighted by Gasteiger charge is -2.15. The zero-order chi connectivity index (χ0) is 22.8. The van der Waals surface area contributed by atoms with Crippen molar-refractivity contribution in [1.29, 1.82) is 0 Å². The van der Waals surface area contributed by atoms with Gasteiger partial charge in [-0.15, -0.1) is 0 Å². The van der Waals surface area contributed by atoms with Gasteiger partial charge in [0, 0.05) is 47.3 Å². The average molecular weight is 437 g/mol. The summed E-state index contributed by atoms with van der Waals surface area (Å²) in [6, 6.07) is 24.2. The fraction of sp³-hybridized carbons (Fsp3) is 0.111. The van der Waals surface area contributed by atoms with E-state index in [1.807, 2.05) is 66.9 Å². The van der Waals surface area contributed by atoms with Crippen molar-refractivity contribution < 1.29 is 14.7 Å². The number of para-hydroxylation sites is 1. The summed E-state index contributed by atoms with van der Waals surface area (Å²) in [5.41, 5.74) is 4.31. The predicted octanol–water partition coefficient (Wildman–Crippen LogP) is 4.60. The van der Waals surface area contributed by atoms with Gasteiger partial charge in [0.2, 0.25) is 0 Å². The molecule has 0 saturated carbocycles. The van der Waals surface area contributed by atoms with Gasteiger partial charge in [-0.3, -0.25) is 4.79 Å². The molecule has 2 aromatic heterocycles. The molecule has 0 aliphatic carbocycles. The number of carboxylic acid groups (broad SMARTS) is 1. The van der Waals surface area contributed by atoms with Gasteiger partial charge in [0.05, 0.1) is 0 Å². The molecule has 0 saturated heterocycles. The lowest BCUT2D eigenvalue weighted by atomic mass is 10.0. The second-order valence-electron chi connectivity index (χ2n) is 8.13. The summed E-state index contributed by atoms with van der Waals surface area (Å²) in [5, 5.41) is 14.4. The Hall–Kier alpha value is -4.32. The van der Waals surface area contributed by atoms with E-state index >= 15 is 0 Å². The fourth-order valence-electron chi connectivity index (χ4n) is 4.21. The molecule has 33 heavy (non-hydrogen) atoms. The summed E-state index contributed by atoms with van der Waals surface area (Å²) >= 11 is 0. The van der Waals surface area contributed by atoms with Gasteiger partial charge in [-0.25, -0.2) is 4.79 Å². The van der Waals surface area contributed by atoms with Crippen molar-refractivity contribution in [3.8, 4) is 0 Å². The first kappa shape index (κ1) is 20.6. The first-order valence-electron chi connectivity index (χ1n) is 10.8. The highest BCUT2D eigenvalue weighted by molar-refractivity contribution is 6.00. The third-order valence-corrected chi connectivity index (χ3v) is 5.93. The van der Waals surface area contributed by atoms with Gasteiger partial charge in [-0.1, -0.05) is 54.6 Å². The largest absolute Gasteiger partial charge is 0.480 e. The van der Waals surface area contributed by atoms with Crippen LogP contribution in [0.5, 0.6) is 0 Å². The average Bonchev–Trinajstić information content (AvgIpc) is 3.43. The molecular formula is C27H23N3O3. The molecule has 0 bridgehead atoms. The van der Waals surface area contributed by atoms with Crippen molar-refractivity contribution in [2.24, 2.45) is 0 Å². The number of aromatic nitrogens is 2. The molecule has 0 aliphatic heterocycles. The molecule has 0 aliphatic rings. The van der Waals surface area contributed by atoms with Crippen LogP contribution in [-0.4, -0.2) is 32.6 Å². The first-order chi connectivity index (χ1) is 16.1. The zero-order valence-electron chi connectivity index (χ0n) is 17.9. The summed E-state index contributed by atoms with van der Waals surface area (Å²) in [6.45, 7) is 0.688. The molecule has 0 spiro atoms. The minimum absolute atomic E-state index is 0.192. The Labute approximate surface area is 190 Å². The van der Waals surface area contributed by atoms with Gasteiger partial charge < -0.3 is 20.0 Å². The quantitative estimate of drug-likeness (QED) is 0.348. The highest BCUT2D eigenvalue weighted by atomic mass is 16.4. The van der Waals surface area contributed by atoms with Crippen molar-refractivity contribution in [3.63, 3.8) is 0 Å². The molecular weight excluding hydrogens is 414 g/mol. The number of rotatable bonds is 7. The molecule has 3 N–H and O–H groups in total. The van der Waals surface area contributed by atoms with Crippen LogP contribution in [-0.2, 0) is 17.8 Å². The first-order valence-corrected chi connectivity index (χ1v) is 10.8. The Morgan fingerprint density at radius 1 is 0.970 bits per heavy atom. The molecule has 6 heteroatoms. The molecule has 1 amide bonds. The number of fused-ring (bicyclic) bond motifs is 2. The summed E-state index contributed by atoms with van der Waals surface area (Å²) in [4.78, 5) is 28.1. The third-order valence-electron chi connectivity index (χ3n) is 5.93. The van der Waals surface area contributed by atoms with Gasteiger partial charge in [0.25, 0.3) is 5.91 Å². The third kappa shape index (κ3) is 4.23. The molecule has 164 valence electrons. The Morgan fingerprint density at radius 2 is 1.76 bits per heavy atom. The lowest BCUT2D eigenvalue weighted by Crippen LogP contribution is -2.42. The Kier molecular flexibility index (Phi) is 5.40. The topological polar surface area (TPSA) is 87.1 Å². The standard InChI is InChI=1S/C27H23N3O3/c31-26(29-24(27(32)33)14-21-16-28-23-9-5-4-8-22(21)23)20-11-10-19-12-13-30(25(19)15-20)17-18-6-2-1-3-7-18/h1-13,15-16,24,28H,14,17H2,(H,29,31)(H,32,33)/t24-/m0/s1. The highest BCUT2D eigenvalue weighted by Gasteiger charge is 2.23. The number of hydrogen-bond acceptors (Lipinski definition) is 2. The number of benzene rings is 3. The van der Waals surface area contributed by atoms with Crippen LogP contribution in [0.3, 0.4) is 0 Å². The monoisotopic (exact) mass is 437 g/mol. The second kappa shape index (κ2) is 8.67. The Bertz CT molecular complexity index is 1450. The predicted molar refractivity (Wildman–Crippen MR) is 128 cm³/mol. The molecule has 3 aromatic carbocycles. The number of carboxylic acids is 1. The number of nitrogens with one attached hydrogen (secondary N) is 2. The van der Waals surface area contributed by atoms with Gasteiger partial charge >= 0.3 is 5.97 Å². The van der Waals surface area contributed by atoms with Crippen LogP contribution in [0.25, 0.3) is 21.8 Å². The highest BCUT2D eigenvalue weighted by Crippen LogP contribution is 2.21. The van der Waals surface area contributed by atoms with E-state index in [9.17, 15) is 14.7 Å². The zero-order valence-corrected chi connectivity index (χ0v) is 17.9. The van der Waals surface area contributed by atoms with Crippen LogP contribution in [0, 0.1) is 0 Å². The molecule has 0 fully saturated rings. The maximum atomic E-state index is 13.0. The summed E-state index contributed by atoms with van der Waals surface area (Å²) in [6.07, 6.45) is 3.99. The van der Waals surface area contributed by atoms with E-state index < -0.39 is 17.9 Å². The Morgan fingerprint density at radius 3 is 2.58 bits per heavy atom. The van der Waals surface area contributed by atoms with Crippen molar-refractivity contribution >= 4 is 33.7 Å². The summed E-state index contributed by atoms with van der Waals surface area (Å²) < 4.78 is 2.09. The molecule has 5 aromatic rings. The second-order valence-corrected chi connectivity index (χ2v) is 8.13. The number of H-pyrrole nitrogens is 1. The lowest BCUT2D eigenvalue weighted by molar-refractivity contribution is -0.139. The van der Waals surface area contributed by atoms with E-state index in [-0.39, 0.29) is 6.42 Å². The van der Waals surface area contributed by atoms with E-state index in [0.717, 1.165) is 32.9 Å². The van der Waals surface area contributed by atoms with Crippen LogP contribution < -0.4 is 5.32 Å². The number of aromatic amines is 1. The summed E-state index contributed by atoms with van der Waals surface area (Å²) in [7, 11) is 0. The molecule has 0 radical (unpaired) electrons. The van der Waals surface area contributed by atoms with E-state index in [0.29, 0.717) is 12.1 Å². The number of hydrogen-bond donors (Lipinski definition) is 3. The summed E-state index contributed by atoms with van der Waals surface area (Å²) in [5.74, 6) is -1.47. The maximum absolute atomic E-state index is 13.0. The van der Waals surface area contributed by atoms with Crippen LogP contribution in [0.4, 0.5) is 0 Å². The van der Waals surface area contributed by atoms with Gasteiger partial charge in [0.1, 0.15) is 6.04 Å². The number of carbonyl (C=O) groups excluding carboxylic acids is 1. The fourth-order valence-corrected chi connectivity index (χ4v) is 4.21. The van der Waals surface area contributed by atoms with E-state index in [4.69, 9.17) is 0 Å². The van der Waals surface area contributed by atoms with E-state index in [1.165, 1.54) is 0 Å². The molecule has 1 atom stereocenters. The molecule has 2 heterocycles. The molecule has 6 nitrogen and oxygen atoms in total. The van der Waals surface area contributed by atoms with Crippen LogP contribution in [0.15, 0.2) is 91.3 Å². The minimum Gasteiger partial charge on any atom is -0.480 e. The molecule has 0 unspecified atom stereocenters. The Balaban J connectivity index is 1.37. The van der Waals surface area contributed by atoms with Crippen molar-refractivity contribution in [1.82, 2.24) is 14.9 Å². The van der Waals surface area contributed by atoms with Crippen molar-refractivity contribution in [3.05, 3.63) is 108 Å². The molecule has 5 rings (SSSR count). The van der Waals surface area contributed by atoms with Gasteiger partial charge in [-0.2, -0.15) is 0 Å². The SMILES string of the molecule is O=C(N[C@@H](Cc1c[nH]c2ccccc12)C(=O)O)c1ccc2ccn(Cc3ccccc3)c2c1. The van der Waals surface area contributed by atoms with Gasteiger partial charge in [0.15, 0.2) is 0 Å². The van der Waals surface area contributed by atoms with Crippen LogP contribution in [0.1, 0.15) is 21.5 Å². The number of nitrogens with zero attached hydrogens (tertiary/aromatic N) is 1. The van der Waals surface area contributed by atoms with Crippen molar-refractivity contribution in [2.75, 3.05) is 0 Å². The smallest absolute Gasteiger partial charge is 0.326 e. The number of amides is 1. The number of carbonyl (C=O) groups is 2. The van der Waals surface area contributed by atoms with Crippen LogP contribution in [0.2, 0.25) is 0 Å². The normalized spacial score (nSPS) is 12.1.